The SMILES string of the molecule is CCc1ccc(N=C2NC(=O)/C(=C/c3cn(CC(=O)O)c4ccccc34)S2)cc1. The van der Waals surface area contributed by atoms with Gasteiger partial charge in [-0.3, -0.25) is 9.59 Å². The topological polar surface area (TPSA) is 83.7 Å². The van der Waals surface area contributed by atoms with E-state index in [1.54, 1.807) is 16.8 Å². The number of aromatic nitrogens is 1. The molecular formula is C22H19N3O3S. The molecule has 7 heteroatoms. The highest BCUT2D eigenvalue weighted by Gasteiger charge is 2.24. The summed E-state index contributed by atoms with van der Waals surface area (Å²) < 4.78 is 1.67. The van der Waals surface area contributed by atoms with E-state index in [-0.39, 0.29) is 12.5 Å². The lowest BCUT2D eigenvalue weighted by Gasteiger charge is -1.99. The summed E-state index contributed by atoms with van der Waals surface area (Å²) in [6.07, 6.45) is 4.51. The molecule has 1 aliphatic heterocycles. The van der Waals surface area contributed by atoms with E-state index >= 15 is 0 Å². The van der Waals surface area contributed by atoms with Gasteiger partial charge in [0, 0.05) is 22.7 Å². The number of aliphatic imine (C=N–C) groups is 1. The highest BCUT2D eigenvalue weighted by Crippen LogP contribution is 2.31. The monoisotopic (exact) mass is 405 g/mol. The van der Waals surface area contributed by atoms with Crippen LogP contribution in [0.4, 0.5) is 5.69 Å². The summed E-state index contributed by atoms with van der Waals surface area (Å²) in [5, 5.41) is 13.4. The van der Waals surface area contributed by atoms with Crippen LogP contribution in [0.2, 0.25) is 0 Å². The first-order valence-corrected chi connectivity index (χ1v) is 10.0. The molecule has 0 atom stereocenters. The first-order valence-electron chi connectivity index (χ1n) is 9.21. The van der Waals surface area contributed by atoms with Crippen LogP contribution in [0.15, 0.2) is 64.6 Å². The molecule has 0 radical (unpaired) electrons. The minimum Gasteiger partial charge on any atom is -0.480 e. The van der Waals surface area contributed by atoms with Gasteiger partial charge in [-0.25, -0.2) is 4.99 Å². The third kappa shape index (κ3) is 4.09. The molecule has 6 nitrogen and oxygen atoms in total. The second kappa shape index (κ2) is 7.97. The van der Waals surface area contributed by atoms with E-state index in [2.05, 4.69) is 17.2 Å². The molecule has 2 N–H and O–H groups in total. The summed E-state index contributed by atoms with van der Waals surface area (Å²) in [5.74, 6) is -1.13. The van der Waals surface area contributed by atoms with Crippen LogP contribution in [0.3, 0.4) is 0 Å². The van der Waals surface area contributed by atoms with E-state index in [9.17, 15) is 9.59 Å². The molecule has 29 heavy (non-hydrogen) atoms. The predicted octanol–water partition coefficient (Wildman–Crippen LogP) is 4.18. The smallest absolute Gasteiger partial charge is 0.323 e. The van der Waals surface area contributed by atoms with Gasteiger partial charge in [-0.1, -0.05) is 37.3 Å². The van der Waals surface area contributed by atoms with Crippen molar-refractivity contribution in [3.05, 3.63) is 70.8 Å². The first kappa shape index (κ1) is 19.0. The Kier molecular flexibility index (Phi) is 5.22. The van der Waals surface area contributed by atoms with E-state index in [0.29, 0.717) is 10.1 Å². The van der Waals surface area contributed by atoms with Crippen molar-refractivity contribution in [3.8, 4) is 0 Å². The minimum atomic E-state index is -0.915. The number of carbonyl (C=O) groups is 2. The Hall–Kier alpha value is -3.32. The van der Waals surface area contributed by atoms with Crippen LogP contribution in [0.1, 0.15) is 18.1 Å². The van der Waals surface area contributed by atoms with Gasteiger partial charge in [-0.2, -0.15) is 0 Å². The van der Waals surface area contributed by atoms with Crippen molar-refractivity contribution in [3.63, 3.8) is 0 Å². The number of thioether (sulfide) groups is 1. The standard InChI is InChI=1S/C22H19N3O3S/c1-2-14-7-9-16(10-8-14)23-22-24-21(28)19(29-22)11-15-12-25(13-20(26)27)18-6-4-3-5-17(15)18/h3-12H,2,13H2,1H3,(H,26,27)(H,23,24,28)/b19-11-. The molecule has 2 heterocycles. The van der Waals surface area contributed by atoms with Crippen molar-refractivity contribution in [1.82, 2.24) is 9.88 Å². The lowest BCUT2D eigenvalue weighted by atomic mass is 10.1. The zero-order valence-electron chi connectivity index (χ0n) is 15.8. The van der Waals surface area contributed by atoms with Gasteiger partial charge in [-0.05, 0) is 48.0 Å². The van der Waals surface area contributed by atoms with Gasteiger partial charge in [0.1, 0.15) is 6.54 Å². The number of hydrogen-bond acceptors (Lipinski definition) is 4. The second-order valence-corrected chi connectivity index (χ2v) is 7.66. The molecule has 0 spiro atoms. The predicted molar refractivity (Wildman–Crippen MR) is 116 cm³/mol. The fraction of sp³-hybridized carbons (Fsp3) is 0.136. The van der Waals surface area contributed by atoms with Crippen molar-refractivity contribution in [2.24, 2.45) is 4.99 Å². The Bertz CT molecular complexity index is 1160. The Morgan fingerprint density at radius 3 is 2.69 bits per heavy atom. The Morgan fingerprint density at radius 1 is 1.21 bits per heavy atom. The highest BCUT2D eigenvalue weighted by atomic mass is 32.2. The number of aryl methyl sites for hydroxylation is 1. The first-order chi connectivity index (χ1) is 14.0. The maximum atomic E-state index is 12.4. The van der Waals surface area contributed by atoms with Crippen molar-refractivity contribution in [2.75, 3.05) is 0 Å². The highest BCUT2D eigenvalue weighted by molar-refractivity contribution is 8.18. The molecule has 0 aliphatic carbocycles. The molecule has 1 saturated heterocycles. The number of fused-ring (bicyclic) bond motifs is 1. The molecule has 4 rings (SSSR count). The fourth-order valence-electron chi connectivity index (χ4n) is 3.21. The molecule has 1 amide bonds. The number of rotatable bonds is 5. The van der Waals surface area contributed by atoms with Crippen LogP contribution in [-0.2, 0) is 22.6 Å². The summed E-state index contributed by atoms with van der Waals surface area (Å²) in [5.41, 5.74) is 3.63. The number of nitrogens with one attached hydrogen (secondary N) is 1. The van der Waals surface area contributed by atoms with Crippen molar-refractivity contribution in [2.45, 2.75) is 19.9 Å². The van der Waals surface area contributed by atoms with Gasteiger partial charge in [-0.15, -0.1) is 0 Å². The number of aliphatic carboxylic acids is 1. The summed E-state index contributed by atoms with van der Waals surface area (Å²) in [4.78, 5) is 28.6. The normalized spacial score (nSPS) is 16.7. The van der Waals surface area contributed by atoms with Crippen LogP contribution < -0.4 is 5.32 Å². The third-order valence-corrected chi connectivity index (χ3v) is 5.55. The lowest BCUT2D eigenvalue weighted by molar-refractivity contribution is -0.137. The van der Waals surface area contributed by atoms with Gasteiger partial charge < -0.3 is 15.0 Å². The number of nitrogens with zero attached hydrogens (tertiary/aromatic N) is 2. The summed E-state index contributed by atoms with van der Waals surface area (Å²) in [7, 11) is 0. The number of carboxylic acids is 1. The second-order valence-electron chi connectivity index (χ2n) is 6.62. The number of amidine groups is 1. The number of hydrogen-bond donors (Lipinski definition) is 2. The number of benzene rings is 2. The fourth-order valence-corrected chi connectivity index (χ4v) is 4.04. The van der Waals surface area contributed by atoms with Crippen LogP contribution >= 0.6 is 11.8 Å². The Balaban J connectivity index is 1.64. The maximum absolute atomic E-state index is 12.4. The number of amides is 1. The number of carboxylic acid groups (broad SMARTS) is 1. The molecule has 0 saturated carbocycles. The van der Waals surface area contributed by atoms with Gasteiger partial charge in [0.2, 0.25) is 0 Å². The largest absolute Gasteiger partial charge is 0.480 e. The summed E-state index contributed by atoms with van der Waals surface area (Å²) in [6, 6.07) is 15.5. The van der Waals surface area contributed by atoms with Crippen molar-refractivity contribution in [1.29, 1.82) is 0 Å². The van der Waals surface area contributed by atoms with Crippen LogP contribution in [0.5, 0.6) is 0 Å². The molecule has 3 aromatic rings. The van der Waals surface area contributed by atoms with Crippen LogP contribution in [0.25, 0.3) is 17.0 Å². The zero-order valence-corrected chi connectivity index (χ0v) is 16.6. The molecular weight excluding hydrogens is 386 g/mol. The van der Waals surface area contributed by atoms with Gasteiger partial charge in [0.15, 0.2) is 5.17 Å². The zero-order chi connectivity index (χ0) is 20.4. The minimum absolute atomic E-state index is 0.135. The van der Waals surface area contributed by atoms with E-state index in [1.165, 1.54) is 17.3 Å². The molecule has 1 aliphatic rings. The third-order valence-electron chi connectivity index (χ3n) is 4.64. The van der Waals surface area contributed by atoms with Crippen LogP contribution in [0, 0.1) is 0 Å². The van der Waals surface area contributed by atoms with E-state index < -0.39 is 5.97 Å². The van der Waals surface area contributed by atoms with Crippen LogP contribution in [-0.4, -0.2) is 26.7 Å². The molecule has 1 fully saturated rings. The molecule has 0 bridgehead atoms. The number of carbonyl (C=O) groups excluding carboxylic acids is 1. The molecule has 0 unspecified atom stereocenters. The van der Waals surface area contributed by atoms with Gasteiger partial charge in [0.05, 0.1) is 10.6 Å². The molecule has 146 valence electrons. The van der Waals surface area contributed by atoms with E-state index in [0.717, 1.165) is 28.6 Å². The van der Waals surface area contributed by atoms with E-state index in [1.807, 2.05) is 48.5 Å². The molecule has 1 aromatic heterocycles. The van der Waals surface area contributed by atoms with Crippen molar-refractivity contribution < 1.29 is 14.7 Å². The summed E-state index contributed by atoms with van der Waals surface area (Å²) in [6.45, 7) is 1.96. The Labute approximate surface area is 171 Å². The van der Waals surface area contributed by atoms with Crippen molar-refractivity contribution >= 4 is 51.5 Å². The average molecular weight is 405 g/mol. The lowest BCUT2D eigenvalue weighted by Crippen LogP contribution is -2.19. The van der Waals surface area contributed by atoms with E-state index in [4.69, 9.17) is 5.11 Å². The maximum Gasteiger partial charge on any atom is 0.323 e. The van der Waals surface area contributed by atoms with Gasteiger partial charge >= 0.3 is 5.97 Å². The quantitative estimate of drug-likeness (QED) is 0.624. The average Bonchev–Trinajstić information content (AvgIpc) is 3.22. The van der Waals surface area contributed by atoms with Gasteiger partial charge in [0.25, 0.3) is 5.91 Å². The summed E-state index contributed by atoms with van der Waals surface area (Å²) >= 11 is 1.27. The number of para-hydroxylation sites is 1. The Morgan fingerprint density at radius 2 is 1.97 bits per heavy atom. The molecule has 2 aromatic carbocycles.